The van der Waals surface area contributed by atoms with Gasteiger partial charge in [-0.1, -0.05) is 11.6 Å². The van der Waals surface area contributed by atoms with Crippen LogP contribution in [0.2, 0.25) is 5.02 Å². The Morgan fingerprint density at radius 2 is 1.86 bits per heavy atom. The lowest BCUT2D eigenvalue weighted by Crippen LogP contribution is -2.45. The first-order valence-electron chi connectivity index (χ1n) is 7.03. The van der Waals surface area contributed by atoms with E-state index in [0.717, 1.165) is 29.9 Å². The van der Waals surface area contributed by atoms with Gasteiger partial charge in [-0.3, -0.25) is 4.79 Å². The Balaban J connectivity index is 2.61. The Labute approximate surface area is 135 Å². The Bertz CT molecular complexity index is 475. The van der Waals surface area contributed by atoms with Gasteiger partial charge in [-0.25, -0.2) is 0 Å². The van der Waals surface area contributed by atoms with Gasteiger partial charge < -0.3 is 4.48 Å². The first-order chi connectivity index (χ1) is 9.95. The molecular formula is C15H22ClN2O2S+. The van der Waals surface area contributed by atoms with Crippen molar-refractivity contribution in [2.45, 2.75) is 19.2 Å². The van der Waals surface area contributed by atoms with E-state index in [4.69, 9.17) is 11.6 Å². The van der Waals surface area contributed by atoms with Crippen LogP contribution in [0, 0.1) is 4.91 Å². The molecule has 116 valence electrons. The number of hydrogen-bond acceptors (Lipinski definition) is 4. The lowest BCUT2D eigenvalue weighted by Gasteiger charge is -2.32. The van der Waals surface area contributed by atoms with Gasteiger partial charge in [0.05, 0.1) is 26.7 Å². The molecule has 1 aromatic rings. The molecule has 0 aliphatic heterocycles. The molecule has 0 aliphatic carbocycles. The summed E-state index contributed by atoms with van der Waals surface area (Å²) in [5, 5.41) is 2.66. The van der Waals surface area contributed by atoms with Crippen LogP contribution in [0.1, 0.15) is 24.2 Å². The van der Waals surface area contributed by atoms with Crippen molar-refractivity contribution in [3.8, 4) is 0 Å². The lowest BCUT2D eigenvalue weighted by atomic mass is 10.1. The van der Waals surface area contributed by atoms with Crippen molar-refractivity contribution in [3.63, 3.8) is 0 Å². The van der Waals surface area contributed by atoms with Gasteiger partial charge in [0.15, 0.2) is 0 Å². The van der Waals surface area contributed by atoms with Crippen LogP contribution in [-0.4, -0.2) is 48.1 Å². The standard InChI is InChI=1S/C15H22ClN2O2S/c1-4-18(3,5-2)10-11-21-15(17-20)14(19)12-6-8-13(16)9-7-12/h6-9,15H,4-5,10-11H2,1-3H3/q+1. The zero-order valence-corrected chi connectivity index (χ0v) is 14.3. The summed E-state index contributed by atoms with van der Waals surface area (Å²) in [5.41, 5.74) is 0.472. The molecule has 6 heteroatoms. The summed E-state index contributed by atoms with van der Waals surface area (Å²) in [7, 11) is 2.17. The molecule has 0 saturated carbocycles. The van der Waals surface area contributed by atoms with Crippen molar-refractivity contribution in [3.05, 3.63) is 39.8 Å². The minimum atomic E-state index is -0.881. The van der Waals surface area contributed by atoms with Gasteiger partial charge in [0.1, 0.15) is 0 Å². The Morgan fingerprint density at radius 3 is 2.33 bits per heavy atom. The molecule has 0 saturated heterocycles. The SMILES string of the molecule is CC[N+](C)(CC)CCSC(N=O)C(=O)c1ccc(Cl)cc1. The van der Waals surface area contributed by atoms with E-state index in [1.54, 1.807) is 24.3 Å². The van der Waals surface area contributed by atoms with Crippen LogP contribution in [0.15, 0.2) is 29.4 Å². The van der Waals surface area contributed by atoms with Crippen LogP contribution in [0.4, 0.5) is 0 Å². The molecule has 0 spiro atoms. The molecule has 1 rings (SSSR count). The summed E-state index contributed by atoms with van der Waals surface area (Å²) in [6.45, 7) is 7.26. The van der Waals surface area contributed by atoms with E-state index >= 15 is 0 Å². The number of halogens is 1. The molecule has 0 N–H and O–H groups in total. The van der Waals surface area contributed by atoms with Gasteiger partial charge in [0.2, 0.25) is 11.2 Å². The van der Waals surface area contributed by atoms with Crippen LogP contribution in [0.3, 0.4) is 0 Å². The predicted molar refractivity (Wildman–Crippen MR) is 90.0 cm³/mol. The number of benzene rings is 1. The van der Waals surface area contributed by atoms with Crippen LogP contribution in [0.5, 0.6) is 0 Å². The third kappa shape index (κ3) is 5.41. The Morgan fingerprint density at radius 1 is 1.29 bits per heavy atom. The number of ketones is 1. The molecule has 0 heterocycles. The second-order valence-corrected chi connectivity index (χ2v) is 6.80. The first kappa shape index (κ1) is 18.1. The van der Waals surface area contributed by atoms with E-state index < -0.39 is 5.37 Å². The van der Waals surface area contributed by atoms with Crippen LogP contribution < -0.4 is 0 Å². The maximum Gasteiger partial charge on any atom is 0.201 e. The highest BCUT2D eigenvalue weighted by Gasteiger charge is 2.23. The molecule has 0 aromatic heterocycles. The van der Waals surface area contributed by atoms with Crippen molar-refractivity contribution < 1.29 is 9.28 Å². The van der Waals surface area contributed by atoms with Crippen molar-refractivity contribution in [2.75, 3.05) is 32.4 Å². The van der Waals surface area contributed by atoms with E-state index in [0.29, 0.717) is 10.6 Å². The third-order valence-electron chi connectivity index (χ3n) is 3.88. The molecule has 0 amide bonds. The Kier molecular flexibility index (Phi) is 7.35. The molecule has 1 atom stereocenters. The second kappa shape index (κ2) is 8.51. The smallest absolute Gasteiger partial charge is 0.201 e. The average molecular weight is 330 g/mol. The fraction of sp³-hybridized carbons (Fsp3) is 0.533. The number of carbonyl (C=O) groups is 1. The van der Waals surface area contributed by atoms with Gasteiger partial charge in [-0.05, 0) is 43.3 Å². The number of nitroso groups, excluding NO2 is 1. The number of carbonyl (C=O) groups excluding carboxylic acids is 1. The molecular weight excluding hydrogens is 308 g/mol. The van der Waals surface area contributed by atoms with Crippen molar-refractivity contribution in [1.29, 1.82) is 0 Å². The average Bonchev–Trinajstić information content (AvgIpc) is 2.51. The van der Waals surface area contributed by atoms with Gasteiger partial charge >= 0.3 is 0 Å². The fourth-order valence-electron chi connectivity index (χ4n) is 1.84. The maximum atomic E-state index is 12.2. The van der Waals surface area contributed by atoms with Crippen molar-refractivity contribution in [1.82, 2.24) is 0 Å². The summed E-state index contributed by atoms with van der Waals surface area (Å²) in [5.74, 6) is 0.474. The minimum Gasteiger partial charge on any atom is -0.326 e. The van der Waals surface area contributed by atoms with Crippen LogP contribution in [-0.2, 0) is 0 Å². The summed E-state index contributed by atoms with van der Waals surface area (Å²) in [4.78, 5) is 23.2. The normalized spacial score (nSPS) is 13.0. The molecule has 0 aliphatic rings. The van der Waals surface area contributed by atoms with Crippen molar-refractivity contribution >= 4 is 29.1 Å². The maximum absolute atomic E-state index is 12.2. The molecule has 0 radical (unpaired) electrons. The van der Waals surface area contributed by atoms with Crippen molar-refractivity contribution in [2.24, 2.45) is 5.18 Å². The Hall–Kier alpha value is -0.910. The highest BCUT2D eigenvalue weighted by Crippen LogP contribution is 2.20. The highest BCUT2D eigenvalue weighted by atomic mass is 35.5. The van der Waals surface area contributed by atoms with Crippen LogP contribution in [0.25, 0.3) is 0 Å². The summed E-state index contributed by atoms with van der Waals surface area (Å²) in [6, 6.07) is 6.54. The van der Waals surface area contributed by atoms with Crippen LogP contribution >= 0.6 is 23.4 Å². The minimum absolute atomic E-state index is 0.256. The zero-order chi connectivity index (χ0) is 15.9. The largest absolute Gasteiger partial charge is 0.326 e. The number of rotatable bonds is 9. The monoisotopic (exact) mass is 329 g/mol. The lowest BCUT2D eigenvalue weighted by molar-refractivity contribution is -0.903. The summed E-state index contributed by atoms with van der Waals surface area (Å²) < 4.78 is 0.924. The van der Waals surface area contributed by atoms with Gasteiger partial charge in [-0.15, -0.1) is 16.7 Å². The number of thioether (sulfide) groups is 1. The molecule has 1 unspecified atom stereocenters. The van der Waals surface area contributed by atoms with E-state index in [9.17, 15) is 9.70 Å². The van der Waals surface area contributed by atoms with E-state index in [1.807, 2.05) is 0 Å². The molecule has 4 nitrogen and oxygen atoms in total. The number of nitrogens with zero attached hydrogens (tertiary/aromatic N) is 2. The highest BCUT2D eigenvalue weighted by molar-refractivity contribution is 8.00. The van der Waals surface area contributed by atoms with E-state index in [-0.39, 0.29) is 5.78 Å². The van der Waals surface area contributed by atoms with Gasteiger partial charge in [0, 0.05) is 16.3 Å². The van der Waals surface area contributed by atoms with E-state index in [1.165, 1.54) is 11.8 Å². The molecule has 0 bridgehead atoms. The van der Waals surface area contributed by atoms with Gasteiger partial charge in [-0.2, -0.15) is 0 Å². The quantitative estimate of drug-likeness (QED) is 0.393. The molecule has 0 fully saturated rings. The van der Waals surface area contributed by atoms with Gasteiger partial charge in [0.25, 0.3) is 0 Å². The first-order valence-corrected chi connectivity index (χ1v) is 8.46. The number of quaternary nitrogens is 1. The third-order valence-corrected chi connectivity index (χ3v) is 5.17. The number of Topliss-reactive ketones (excluding diaryl/α,β-unsaturated/α-hetero) is 1. The predicted octanol–water partition coefficient (Wildman–Crippen LogP) is 3.83. The number of hydrogen-bond donors (Lipinski definition) is 0. The second-order valence-electron chi connectivity index (χ2n) is 5.18. The zero-order valence-electron chi connectivity index (χ0n) is 12.7. The van der Waals surface area contributed by atoms with E-state index in [2.05, 4.69) is 26.1 Å². The topological polar surface area (TPSA) is 46.5 Å². The summed E-state index contributed by atoms with van der Waals surface area (Å²) in [6.07, 6.45) is 0. The molecule has 21 heavy (non-hydrogen) atoms. The fourth-order valence-corrected chi connectivity index (χ4v) is 3.08. The molecule has 1 aromatic carbocycles. The summed E-state index contributed by atoms with van der Waals surface area (Å²) >= 11 is 7.10.